The molecule has 2 unspecified atom stereocenters. The van der Waals surface area contributed by atoms with Crippen molar-refractivity contribution in [2.75, 3.05) is 13.6 Å². The van der Waals surface area contributed by atoms with E-state index in [2.05, 4.69) is 34.0 Å². The number of para-hydroxylation sites is 1. The number of carbonyl (C=O) groups excluding carboxylic acids is 1. The Bertz CT molecular complexity index is 846. The second kappa shape index (κ2) is 6.92. The maximum atomic E-state index is 13.0. The van der Waals surface area contributed by atoms with E-state index in [1.54, 1.807) is 16.2 Å². The zero-order valence-electron chi connectivity index (χ0n) is 14.0. The number of rotatable bonds is 4. The van der Waals surface area contributed by atoms with Crippen molar-refractivity contribution in [2.24, 2.45) is 5.92 Å². The SMILES string of the molecule is CN(Cc1nc2ccccc2s1)C(=O)C1CNNC1c1ccccc1. The molecule has 0 spiro atoms. The van der Waals surface area contributed by atoms with Crippen molar-refractivity contribution in [2.45, 2.75) is 12.6 Å². The van der Waals surface area contributed by atoms with Gasteiger partial charge in [-0.1, -0.05) is 42.5 Å². The second-order valence-corrected chi connectivity index (χ2v) is 7.40. The normalized spacial score (nSPS) is 20.0. The molecule has 0 bridgehead atoms. The monoisotopic (exact) mass is 352 g/mol. The zero-order chi connectivity index (χ0) is 17.2. The summed E-state index contributed by atoms with van der Waals surface area (Å²) in [6, 6.07) is 18.2. The predicted octanol–water partition coefficient (Wildman–Crippen LogP) is 2.72. The highest BCUT2D eigenvalue weighted by molar-refractivity contribution is 7.18. The molecule has 1 aliphatic rings. The summed E-state index contributed by atoms with van der Waals surface area (Å²) >= 11 is 1.65. The van der Waals surface area contributed by atoms with E-state index in [4.69, 9.17) is 0 Å². The van der Waals surface area contributed by atoms with Gasteiger partial charge in [0.2, 0.25) is 5.91 Å². The van der Waals surface area contributed by atoms with Crippen LogP contribution in [0.1, 0.15) is 16.6 Å². The van der Waals surface area contributed by atoms with Crippen LogP contribution in [0.3, 0.4) is 0 Å². The number of aromatic nitrogens is 1. The van der Waals surface area contributed by atoms with E-state index in [0.29, 0.717) is 13.1 Å². The van der Waals surface area contributed by atoms with Crippen LogP contribution >= 0.6 is 11.3 Å². The molecule has 0 aliphatic carbocycles. The number of thiazole rings is 1. The molecule has 6 heteroatoms. The van der Waals surface area contributed by atoms with Gasteiger partial charge in [-0.15, -0.1) is 11.3 Å². The fourth-order valence-corrected chi connectivity index (χ4v) is 4.28. The quantitative estimate of drug-likeness (QED) is 0.758. The van der Waals surface area contributed by atoms with Crippen LogP contribution in [-0.2, 0) is 11.3 Å². The minimum absolute atomic E-state index is 0.00785. The Labute approximate surface area is 150 Å². The average molecular weight is 352 g/mol. The third-order valence-corrected chi connectivity index (χ3v) is 5.57. The van der Waals surface area contributed by atoms with Crippen LogP contribution in [0.5, 0.6) is 0 Å². The van der Waals surface area contributed by atoms with E-state index in [-0.39, 0.29) is 17.9 Å². The molecular weight excluding hydrogens is 332 g/mol. The molecule has 2 atom stereocenters. The van der Waals surface area contributed by atoms with Crippen LogP contribution in [0.25, 0.3) is 10.2 Å². The van der Waals surface area contributed by atoms with E-state index in [1.165, 1.54) is 0 Å². The molecule has 128 valence electrons. The van der Waals surface area contributed by atoms with Gasteiger partial charge < -0.3 is 4.90 Å². The summed E-state index contributed by atoms with van der Waals surface area (Å²) in [5, 5.41) is 0.965. The van der Waals surface area contributed by atoms with Crippen LogP contribution in [-0.4, -0.2) is 29.4 Å². The Balaban J connectivity index is 1.49. The van der Waals surface area contributed by atoms with Crippen LogP contribution in [0, 0.1) is 5.92 Å². The molecule has 3 aromatic rings. The summed E-state index contributed by atoms with van der Waals surface area (Å²) in [5.74, 6) is 0.00684. The topological polar surface area (TPSA) is 57.3 Å². The van der Waals surface area contributed by atoms with Gasteiger partial charge in [-0.25, -0.2) is 10.4 Å². The lowest BCUT2D eigenvalue weighted by molar-refractivity contribution is -0.134. The lowest BCUT2D eigenvalue weighted by Gasteiger charge is -2.23. The molecule has 25 heavy (non-hydrogen) atoms. The highest BCUT2D eigenvalue weighted by Crippen LogP contribution is 2.27. The lowest BCUT2D eigenvalue weighted by Crippen LogP contribution is -2.36. The number of hydrogen-bond acceptors (Lipinski definition) is 5. The summed E-state index contributed by atoms with van der Waals surface area (Å²) in [6.45, 7) is 1.17. The molecule has 0 radical (unpaired) electrons. The van der Waals surface area contributed by atoms with Crippen molar-refractivity contribution in [3.05, 3.63) is 65.2 Å². The number of hydrazine groups is 1. The van der Waals surface area contributed by atoms with E-state index < -0.39 is 0 Å². The van der Waals surface area contributed by atoms with Crippen molar-refractivity contribution in [3.63, 3.8) is 0 Å². The van der Waals surface area contributed by atoms with Crippen molar-refractivity contribution < 1.29 is 4.79 Å². The lowest BCUT2D eigenvalue weighted by atomic mass is 9.94. The second-order valence-electron chi connectivity index (χ2n) is 6.29. The third kappa shape index (κ3) is 3.28. The Morgan fingerprint density at radius 1 is 1.20 bits per heavy atom. The van der Waals surface area contributed by atoms with Crippen LogP contribution in [0.15, 0.2) is 54.6 Å². The van der Waals surface area contributed by atoms with Gasteiger partial charge in [0, 0.05) is 13.6 Å². The van der Waals surface area contributed by atoms with Gasteiger partial charge in [0.05, 0.1) is 28.7 Å². The summed E-state index contributed by atoms with van der Waals surface area (Å²) < 4.78 is 1.16. The molecule has 4 rings (SSSR count). The van der Waals surface area contributed by atoms with Gasteiger partial charge in [0.1, 0.15) is 5.01 Å². The number of benzene rings is 2. The Kier molecular flexibility index (Phi) is 4.48. The molecule has 1 saturated heterocycles. The van der Waals surface area contributed by atoms with Crippen LogP contribution in [0.2, 0.25) is 0 Å². The van der Waals surface area contributed by atoms with Gasteiger partial charge in [0.15, 0.2) is 0 Å². The number of nitrogens with zero attached hydrogens (tertiary/aromatic N) is 2. The Morgan fingerprint density at radius 3 is 2.76 bits per heavy atom. The zero-order valence-corrected chi connectivity index (χ0v) is 14.8. The summed E-state index contributed by atoms with van der Waals surface area (Å²) in [4.78, 5) is 19.4. The van der Waals surface area contributed by atoms with Crippen molar-refractivity contribution in [1.29, 1.82) is 0 Å². The average Bonchev–Trinajstić information content (AvgIpc) is 3.28. The number of carbonyl (C=O) groups is 1. The Morgan fingerprint density at radius 2 is 1.96 bits per heavy atom. The van der Waals surface area contributed by atoms with Crippen molar-refractivity contribution in [1.82, 2.24) is 20.7 Å². The summed E-state index contributed by atoms with van der Waals surface area (Å²) in [7, 11) is 1.86. The Hall–Kier alpha value is -2.28. The van der Waals surface area contributed by atoms with E-state index in [0.717, 1.165) is 20.8 Å². The maximum absolute atomic E-state index is 13.0. The first-order valence-electron chi connectivity index (χ1n) is 8.35. The third-order valence-electron chi connectivity index (χ3n) is 4.54. The molecule has 2 aromatic carbocycles. The molecule has 1 aromatic heterocycles. The van der Waals surface area contributed by atoms with Crippen LogP contribution in [0.4, 0.5) is 0 Å². The van der Waals surface area contributed by atoms with E-state index >= 15 is 0 Å². The molecule has 1 fully saturated rings. The smallest absolute Gasteiger partial charge is 0.229 e. The largest absolute Gasteiger partial charge is 0.339 e. The minimum atomic E-state index is -0.123. The molecule has 1 aliphatic heterocycles. The van der Waals surface area contributed by atoms with Crippen molar-refractivity contribution >= 4 is 27.5 Å². The first kappa shape index (κ1) is 16.2. The summed E-state index contributed by atoms with van der Waals surface area (Å²) in [5.41, 5.74) is 8.48. The number of amides is 1. The molecule has 2 heterocycles. The summed E-state index contributed by atoms with van der Waals surface area (Å²) in [6.07, 6.45) is 0. The highest BCUT2D eigenvalue weighted by atomic mass is 32.1. The molecule has 5 nitrogen and oxygen atoms in total. The first-order chi connectivity index (χ1) is 12.2. The predicted molar refractivity (Wildman–Crippen MR) is 99.9 cm³/mol. The fourth-order valence-electron chi connectivity index (χ4n) is 3.25. The van der Waals surface area contributed by atoms with Gasteiger partial charge in [-0.05, 0) is 17.7 Å². The number of hydrogen-bond donors (Lipinski definition) is 2. The fraction of sp³-hybridized carbons (Fsp3) is 0.263. The maximum Gasteiger partial charge on any atom is 0.229 e. The molecular formula is C19H20N4OS. The molecule has 2 N–H and O–H groups in total. The molecule has 0 saturated carbocycles. The molecule has 1 amide bonds. The van der Waals surface area contributed by atoms with Gasteiger partial charge >= 0.3 is 0 Å². The number of fused-ring (bicyclic) bond motifs is 1. The first-order valence-corrected chi connectivity index (χ1v) is 9.17. The van der Waals surface area contributed by atoms with Gasteiger partial charge in [-0.2, -0.15) is 0 Å². The minimum Gasteiger partial charge on any atom is -0.339 e. The van der Waals surface area contributed by atoms with Gasteiger partial charge in [0.25, 0.3) is 0 Å². The van der Waals surface area contributed by atoms with E-state index in [9.17, 15) is 4.79 Å². The van der Waals surface area contributed by atoms with Crippen molar-refractivity contribution in [3.8, 4) is 0 Å². The van der Waals surface area contributed by atoms with Crippen LogP contribution < -0.4 is 10.9 Å². The van der Waals surface area contributed by atoms with Gasteiger partial charge in [-0.3, -0.25) is 10.2 Å². The highest BCUT2D eigenvalue weighted by Gasteiger charge is 2.35. The number of nitrogens with one attached hydrogen (secondary N) is 2. The standard InChI is InChI=1S/C19H20N4OS/c1-23(12-17-21-15-9-5-6-10-16(15)25-17)19(24)14-11-20-22-18(14)13-7-3-2-4-8-13/h2-10,14,18,20,22H,11-12H2,1H3. The van der Waals surface area contributed by atoms with E-state index in [1.807, 2.05) is 43.4 Å².